The molecule has 0 aliphatic carbocycles. The van der Waals surface area contributed by atoms with Crippen LogP contribution >= 0.6 is 35.0 Å². The van der Waals surface area contributed by atoms with Crippen molar-refractivity contribution in [1.29, 1.82) is 0 Å². The van der Waals surface area contributed by atoms with Crippen molar-refractivity contribution in [3.8, 4) is 0 Å². The van der Waals surface area contributed by atoms with Gasteiger partial charge in [0.25, 0.3) is 0 Å². The summed E-state index contributed by atoms with van der Waals surface area (Å²) >= 11 is 13.0. The maximum atomic E-state index is 12.5. The third kappa shape index (κ3) is 4.45. The van der Waals surface area contributed by atoms with E-state index in [0.29, 0.717) is 0 Å². The first-order valence-corrected chi connectivity index (χ1v) is 8.95. The maximum Gasteiger partial charge on any atom is 0.327 e. The van der Waals surface area contributed by atoms with E-state index in [2.05, 4.69) is 5.32 Å². The molecule has 25 heavy (non-hydrogen) atoms. The van der Waals surface area contributed by atoms with Crippen molar-refractivity contribution in [2.24, 2.45) is 0 Å². The number of halogens is 2. The predicted octanol–water partition coefficient (Wildman–Crippen LogP) is 1.95. The molecule has 7 nitrogen and oxygen atoms in total. The van der Waals surface area contributed by atoms with Crippen LogP contribution in [0, 0.1) is 0 Å². The number of hydrogen-bond acceptors (Lipinski definition) is 5. The van der Waals surface area contributed by atoms with E-state index in [0.717, 1.165) is 16.7 Å². The summed E-state index contributed by atoms with van der Waals surface area (Å²) in [7, 11) is 0. The lowest BCUT2D eigenvalue weighted by Gasteiger charge is -2.18. The summed E-state index contributed by atoms with van der Waals surface area (Å²) in [5.74, 6) is -2.69. The SMILES string of the molecule is CC(=O)NC(CSC1CC(=O)N(c2cccc(Cl)c2Cl)C1=O)C(=O)O. The number of benzene rings is 1. The molecule has 0 radical (unpaired) electrons. The van der Waals surface area contributed by atoms with Gasteiger partial charge in [-0.05, 0) is 12.1 Å². The smallest absolute Gasteiger partial charge is 0.327 e. The summed E-state index contributed by atoms with van der Waals surface area (Å²) in [6.07, 6.45) is -0.0846. The summed E-state index contributed by atoms with van der Waals surface area (Å²) in [5, 5.41) is 10.9. The molecule has 10 heteroatoms. The molecular formula is C15H14Cl2N2O5S. The fraction of sp³-hybridized carbons (Fsp3) is 0.333. The Morgan fingerprint density at radius 1 is 1.40 bits per heavy atom. The number of anilines is 1. The Bertz CT molecular complexity index is 743. The van der Waals surface area contributed by atoms with Gasteiger partial charge in [-0.25, -0.2) is 9.69 Å². The molecule has 1 aliphatic rings. The number of hydrogen-bond donors (Lipinski definition) is 2. The highest BCUT2D eigenvalue weighted by molar-refractivity contribution is 8.00. The zero-order valence-electron chi connectivity index (χ0n) is 13.0. The number of carbonyl (C=O) groups excluding carboxylic acids is 3. The number of carbonyl (C=O) groups is 4. The Balaban J connectivity index is 2.12. The zero-order chi connectivity index (χ0) is 18.7. The average molecular weight is 405 g/mol. The molecule has 0 bridgehead atoms. The van der Waals surface area contributed by atoms with Crippen LogP contribution in [-0.4, -0.2) is 45.8 Å². The van der Waals surface area contributed by atoms with Crippen molar-refractivity contribution in [2.45, 2.75) is 24.6 Å². The fourth-order valence-corrected chi connectivity index (χ4v) is 3.82. The predicted molar refractivity (Wildman–Crippen MR) is 95.1 cm³/mol. The second kappa shape index (κ2) is 8.07. The van der Waals surface area contributed by atoms with E-state index in [-0.39, 0.29) is 27.9 Å². The van der Waals surface area contributed by atoms with Crippen molar-refractivity contribution in [3.05, 3.63) is 28.2 Å². The lowest BCUT2D eigenvalue weighted by atomic mass is 10.3. The summed E-state index contributed by atoms with van der Waals surface area (Å²) < 4.78 is 0. The molecule has 2 unspecified atom stereocenters. The molecule has 2 N–H and O–H groups in total. The topological polar surface area (TPSA) is 104 Å². The number of thioether (sulfide) groups is 1. The number of nitrogens with one attached hydrogen (secondary N) is 1. The second-order valence-corrected chi connectivity index (χ2v) is 7.28. The number of nitrogens with zero attached hydrogens (tertiary/aromatic N) is 1. The largest absolute Gasteiger partial charge is 0.480 e. The van der Waals surface area contributed by atoms with E-state index in [1.165, 1.54) is 19.1 Å². The molecule has 2 rings (SSSR count). The highest BCUT2D eigenvalue weighted by Crippen LogP contribution is 2.37. The lowest BCUT2D eigenvalue weighted by molar-refractivity contribution is -0.140. The molecule has 1 aromatic carbocycles. The third-order valence-corrected chi connectivity index (χ3v) is 5.52. The number of carboxylic acid groups (broad SMARTS) is 1. The molecule has 0 saturated carbocycles. The van der Waals surface area contributed by atoms with E-state index in [4.69, 9.17) is 28.3 Å². The van der Waals surface area contributed by atoms with Crippen molar-refractivity contribution < 1.29 is 24.3 Å². The van der Waals surface area contributed by atoms with Crippen molar-refractivity contribution >= 4 is 64.3 Å². The van der Waals surface area contributed by atoms with Crippen molar-refractivity contribution in [3.63, 3.8) is 0 Å². The van der Waals surface area contributed by atoms with E-state index in [9.17, 15) is 19.2 Å². The lowest BCUT2D eigenvalue weighted by Crippen LogP contribution is -2.42. The van der Waals surface area contributed by atoms with Crippen LogP contribution in [0.2, 0.25) is 10.0 Å². The normalized spacial score (nSPS) is 18.4. The molecular weight excluding hydrogens is 391 g/mol. The Morgan fingerprint density at radius 3 is 2.68 bits per heavy atom. The molecule has 134 valence electrons. The second-order valence-electron chi connectivity index (χ2n) is 5.26. The quantitative estimate of drug-likeness (QED) is 0.702. The monoisotopic (exact) mass is 404 g/mol. The van der Waals surface area contributed by atoms with Gasteiger partial charge >= 0.3 is 5.97 Å². The number of amides is 3. The molecule has 0 spiro atoms. The molecule has 1 aliphatic heterocycles. The molecule has 1 heterocycles. The summed E-state index contributed by atoms with van der Waals surface area (Å²) in [6, 6.07) is 3.47. The number of aliphatic carboxylic acids is 1. The van der Waals surface area contributed by atoms with E-state index < -0.39 is 35.0 Å². The maximum absolute atomic E-state index is 12.5. The van der Waals surface area contributed by atoms with Gasteiger partial charge in [-0.15, -0.1) is 11.8 Å². The molecule has 1 aromatic rings. The van der Waals surface area contributed by atoms with E-state index in [1.807, 2.05) is 0 Å². The fourth-order valence-electron chi connectivity index (χ4n) is 2.28. The minimum Gasteiger partial charge on any atom is -0.480 e. The molecule has 3 amide bonds. The number of carboxylic acids is 1. The van der Waals surface area contributed by atoms with Gasteiger partial charge in [0.2, 0.25) is 17.7 Å². The zero-order valence-corrected chi connectivity index (χ0v) is 15.3. The molecule has 0 aromatic heterocycles. The number of imide groups is 1. The molecule has 2 atom stereocenters. The Hall–Kier alpha value is -1.77. The van der Waals surface area contributed by atoms with Crippen LogP contribution in [0.15, 0.2) is 18.2 Å². The van der Waals surface area contributed by atoms with Crippen LogP contribution in [0.5, 0.6) is 0 Å². The Labute approximate surface area is 157 Å². The van der Waals surface area contributed by atoms with Crippen molar-refractivity contribution in [2.75, 3.05) is 10.7 Å². The first kappa shape index (κ1) is 19.6. The van der Waals surface area contributed by atoms with Crippen LogP contribution < -0.4 is 10.2 Å². The first-order chi connectivity index (χ1) is 11.7. The summed E-state index contributed by atoms with van der Waals surface area (Å²) in [5.41, 5.74) is 0.198. The van der Waals surface area contributed by atoms with Gasteiger partial charge in [0.05, 0.1) is 21.0 Å². The standard InChI is InChI=1S/C15H14Cl2N2O5S/c1-7(20)18-9(15(23)24)6-25-11-5-12(21)19(14(11)22)10-4-2-3-8(16)13(10)17/h2-4,9,11H,5-6H2,1H3,(H,18,20)(H,23,24). The van der Waals surface area contributed by atoms with E-state index in [1.54, 1.807) is 6.07 Å². The van der Waals surface area contributed by atoms with Crippen molar-refractivity contribution in [1.82, 2.24) is 5.32 Å². The van der Waals surface area contributed by atoms with Gasteiger partial charge < -0.3 is 10.4 Å². The van der Waals surface area contributed by atoms with Gasteiger partial charge in [-0.1, -0.05) is 29.3 Å². The average Bonchev–Trinajstić information content (AvgIpc) is 2.80. The van der Waals surface area contributed by atoms with Gasteiger partial charge in [-0.3, -0.25) is 14.4 Å². The van der Waals surface area contributed by atoms with Gasteiger partial charge in [-0.2, -0.15) is 0 Å². The molecule has 1 saturated heterocycles. The first-order valence-electron chi connectivity index (χ1n) is 7.14. The summed E-state index contributed by atoms with van der Waals surface area (Å²) in [6.45, 7) is 1.20. The minimum absolute atomic E-state index is 0.0459. The van der Waals surface area contributed by atoms with Crippen LogP contribution in [-0.2, 0) is 19.2 Å². The van der Waals surface area contributed by atoms with Crippen LogP contribution in [0.1, 0.15) is 13.3 Å². The van der Waals surface area contributed by atoms with Crippen LogP contribution in [0.3, 0.4) is 0 Å². The van der Waals surface area contributed by atoms with Crippen LogP contribution in [0.25, 0.3) is 0 Å². The Morgan fingerprint density at radius 2 is 2.08 bits per heavy atom. The Kier molecular flexibility index (Phi) is 6.31. The van der Waals surface area contributed by atoms with Gasteiger partial charge in [0.15, 0.2) is 0 Å². The number of rotatable bonds is 6. The summed E-state index contributed by atoms with van der Waals surface area (Å²) in [4.78, 5) is 47.9. The van der Waals surface area contributed by atoms with Crippen LogP contribution in [0.4, 0.5) is 5.69 Å². The van der Waals surface area contributed by atoms with E-state index >= 15 is 0 Å². The third-order valence-electron chi connectivity index (χ3n) is 3.42. The highest BCUT2D eigenvalue weighted by Gasteiger charge is 2.41. The molecule has 1 fully saturated rings. The van der Waals surface area contributed by atoms with Gasteiger partial charge in [0.1, 0.15) is 6.04 Å². The minimum atomic E-state index is -1.21. The highest BCUT2D eigenvalue weighted by atomic mass is 35.5. The van der Waals surface area contributed by atoms with Gasteiger partial charge in [0, 0.05) is 19.1 Å².